The molecule has 1 aromatic rings. The fourth-order valence-electron chi connectivity index (χ4n) is 3.18. The van der Waals surface area contributed by atoms with Crippen LogP contribution in [0.1, 0.15) is 30.9 Å². The number of urea groups is 1. The van der Waals surface area contributed by atoms with Crippen LogP contribution in [0.25, 0.3) is 0 Å². The Morgan fingerprint density at radius 3 is 2.63 bits per heavy atom. The lowest BCUT2D eigenvalue weighted by molar-refractivity contribution is -0.135. The Kier molecular flexibility index (Phi) is 7.47. The molecule has 0 bridgehead atoms. The number of carbonyl (C=O) groups is 2. The molecular formula is C19H28ClN3O4. The minimum absolute atomic E-state index is 0.00918. The molecule has 1 aliphatic rings. The van der Waals surface area contributed by atoms with Crippen LogP contribution in [0.2, 0.25) is 5.02 Å². The molecule has 27 heavy (non-hydrogen) atoms. The maximum Gasteiger partial charge on any atom is 0.317 e. The number of ether oxygens (including phenoxy) is 1. The third kappa shape index (κ3) is 6.09. The minimum atomic E-state index is -1.19. The smallest absolute Gasteiger partial charge is 0.317 e. The molecule has 8 heteroatoms. The van der Waals surface area contributed by atoms with Gasteiger partial charge in [0.15, 0.2) is 0 Å². The zero-order valence-electron chi connectivity index (χ0n) is 16.1. The number of hydrogen-bond acceptors (Lipinski definition) is 4. The monoisotopic (exact) mass is 397 g/mol. The molecule has 2 N–H and O–H groups in total. The van der Waals surface area contributed by atoms with Crippen molar-refractivity contribution in [2.24, 2.45) is 0 Å². The number of benzene rings is 1. The van der Waals surface area contributed by atoms with E-state index in [4.69, 9.17) is 16.3 Å². The number of likely N-dealkylation sites (tertiary alicyclic amines) is 1. The number of aliphatic hydroxyl groups is 1. The van der Waals surface area contributed by atoms with E-state index in [0.29, 0.717) is 31.0 Å². The lowest BCUT2D eigenvalue weighted by Crippen LogP contribution is -2.54. The van der Waals surface area contributed by atoms with Crippen LogP contribution in [0.4, 0.5) is 4.79 Å². The van der Waals surface area contributed by atoms with Crippen molar-refractivity contribution in [2.45, 2.75) is 31.0 Å². The third-order valence-electron chi connectivity index (χ3n) is 4.79. The largest absolute Gasteiger partial charge is 0.387 e. The van der Waals surface area contributed by atoms with Crippen LogP contribution in [-0.2, 0) is 9.53 Å². The van der Waals surface area contributed by atoms with E-state index >= 15 is 0 Å². The van der Waals surface area contributed by atoms with E-state index in [1.165, 1.54) is 4.90 Å². The number of amides is 3. The number of β-amino-alcohol motifs (C(OH)–C–C–N with tert-alkyl or cyclic N) is 1. The SMILES string of the molecule is COC(CNC(=O)N1CCCC(O)(CC(=O)N(C)C)C1)c1ccc(Cl)cc1. The Balaban J connectivity index is 1.92. The Morgan fingerprint density at radius 2 is 2.04 bits per heavy atom. The van der Waals surface area contributed by atoms with Gasteiger partial charge >= 0.3 is 6.03 Å². The number of rotatable bonds is 6. The van der Waals surface area contributed by atoms with Gasteiger partial charge in [-0.15, -0.1) is 0 Å². The summed E-state index contributed by atoms with van der Waals surface area (Å²) < 4.78 is 5.46. The van der Waals surface area contributed by atoms with Gasteiger partial charge in [-0.3, -0.25) is 4.79 Å². The summed E-state index contributed by atoms with van der Waals surface area (Å²) in [5, 5.41) is 14.2. The molecular weight excluding hydrogens is 370 g/mol. The highest BCUT2D eigenvalue weighted by Crippen LogP contribution is 2.25. The average Bonchev–Trinajstić information content (AvgIpc) is 2.63. The summed E-state index contributed by atoms with van der Waals surface area (Å²) in [4.78, 5) is 27.5. The van der Waals surface area contributed by atoms with Gasteiger partial charge in [0.1, 0.15) is 0 Å². The number of hydrogen-bond donors (Lipinski definition) is 2. The first-order chi connectivity index (χ1) is 12.7. The van der Waals surface area contributed by atoms with E-state index in [1.807, 2.05) is 12.1 Å². The summed E-state index contributed by atoms with van der Waals surface area (Å²) in [5.41, 5.74) is -0.276. The maximum atomic E-state index is 12.5. The molecule has 1 saturated heterocycles. The van der Waals surface area contributed by atoms with Gasteiger partial charge in [0.2, 0.25) is 5.91 Å². The molecule has 2 rings (SSSR count). The van der Waals surface area contributed by atoms with Crippen molar-refractivity contribution < 1.29 is 19.4 Å². The summed E-state index contributed by atoms with van der Waals surface area (Å²) in [7, 11) is 4.89. The van der Waals surface area contributed by atoms with Crippen LogP contribution in [0.5, 0.6) is 0 Å². The molecule has 3 amide bonds. The summed E-state index contributed by atoms with van der Waals surface area (Å²) >= 11 is 5.90. The summed E-state index contributed by atoms with van der Waals surface area (Å²) in [6.45, 7) is 0.975. The molecule has 2 unspecified atom stereocenters. The second-order valence-corrected chi connectivity index (χ2v) is 7.61. The van der Waals surface area contributed by atoms with Gasteiger partial charge in [-0.1, -0.05) is 23.7 Å². The lowest BCUT2D eigenvalue weighted by atomic mass is 9.89. The van der Waals surface area contributed by atoms with Gasteiger partial charge < -0.3 is 25.0 Å². The van der Waals surface area contributed by atoms with Gasteiger partial charge in [-0.05, 0) is 30.5 Å². The molecule has 1 heterocycles. The standard InChI is InChI=1S/C19H28ClN3O4/c1-22(2)17(24)11-19(26)9-4-10-23(13-19)18(25)21-12-16(27-3)14-5-7-15(20)8-6-14/h5-8,16,26H,4,9-13H2,1-3H3,(H,21,25). The van der Waals surface area contributed by atoms with Crippen LogP contribution >= 0.6 is 11.6 Å². The summed E-state index contributed by atoms with van der Waals surface area (Å²) in [6, 6.07) is 6.99. The molecule has 1 aromatic carbocycles. The van der Waals surface area contributed by atoms with Crippen LogP contribution in [-0.4, -0.2) is 73.3 Å². The maximum absolute atomic E-state index is 12.5. The highest BCUT2D eigenvalue weighted by atomic mass is 35.5. The van der Waals surface area contributed by atoms with Gasteiger partial charge in [0, 0.05) is 39.3 Å². The van der Waals surface area contributed by atoms with E-state index < -0.39 is 5.60 Å². The van der Waals surface area contributed by atoms with Crippen molar-refractivity contribution in [3.63, 3.8) is 0 Å². The predicted octanol–water partition coefficient (Wildman–Crippen LogP) is 2.04. The zero-order valence-corrected chi connectivity index (χ0v) is 16.8. The van der Waals surface area contributed by atoms with Gasteiger partial charge in [-0.2, -0.15) is 0 Å². The normalized spacial score (nSPS) is 20.9. The second kappa shape index (κ2) is 9.39. The molecule has 0 aliphatic carbocycles. The van der Waals surface area contributed by atoms with E-state index in [2.05, 4.69) is 5.32 Å². The van der Waals surface area contributed by atoms with Crippen molar-refractivity contribution in [3.05, 3.63) is 34.9 Å². The highest BCUT2D eigenvalue weighted by molar-refractivity contribution is 6.30. The quantitative estimate of drug-likeness (QED) is 0.769. The fraction of sp³-hybridized carbons (Fsp3) is 0.579. The molecule has 150 valence electrons. The van der Waals surface area contributed by atoms with Crippen molar-refractivity contribution >= 4 is 23.5 Å². The molecule has 0 radical (unpaired) electrons. The van der Waals surface area contributed by atoms with Crippen molar-refractivity contribution in [1.82, 2.24) is 15.1 Å². The first-order valence-corrected chi connectivity index (χ1v) is 9.35. The number of piperidine rings is 1. The van der Waals surface area contributed by atoms with Crippen LogP contribution in [0, 0.1) is 0 Å². The van der Waals surface area contributed by atoms with Crippen LogP contribution in [0.3, 0.4) is 0 Å². The number of carbonyl (C=O) groups excluding carboxylic acids is 2. The van der Waals surface area contributed by atoms with E-state index in [9.17, 15) is 14.7 Å². The topological polar surface area (TPSA) is 82.1 Å². The molecule has 1 aliphatic heterocycles. The lowest BCUT2D eigenvalue weighted by Gasteiger charge is -2.39. The summed E-state index contributed by atoms with van der Waals surface area (Å²) in [5.74, 6) is -0.151. The van der Waals surface area contributed by atoms with E-state index in [1.54, 1.807) is 38.2 Å². The molecule has 2 atom stereocenters. The van der Waals surface area contributed by atoms with Gasteiger partial charge in [-0.25, -0.2) is 4.79 Å². The fourth-order valence-corrected chi connectivity index (χ4v) is 3.30. The summed E-state index contributed by atoms with van der Waals surface area (Å²) in [6.07, 6.45) is 0.859. The van der Waals surface area contributed by atoms with E-state index in [0.717, 1.165) is 5.56 Å². The minimum Gasteiger partial charge on any atom is -0.387 e. The van der Waals surface area contributed by atoms with Gasteiger partial charge in [0.25, 0.3) is 0 Å². The van der Waals surface area contributed by atoms with Crippen LogP contribution < -0.4 is 5.32 Å². The molecule has 7 nitrogen and oxygen atoms in total. The molecule has 0 aromatic heterocycles. The Hall–Kier alpha value is -1.83. The van der Waals surface area contributed by atoms with Gasteiger partial charge in [0.05, 0.1) is 24.7 Å². The number of methoxy groups -OCH3 is 1. The Labute approximate surface area is 165 Å². The average molecular weight is 398 g/mol. The first-order valence-electron chi connectivity index (χ1n) is 8.97. The van der Waals surface area contributed by atoms with Crippen molar-refractivity contribution in [1.29, 1.82) is 0 Å². The van der Waals surface area contributed by atoms with Crippen LogP contribution in [0.15, 0.2) is 24.3 Å². The second-order valence-electron chi connectivity index (χ2n) is 7.18. The Bertz CT molecular complexity index is 653. The zero-order chi connectivity index (χ0) is 20.0. The number of nitrogens with one attached hydrogen (secondary N) is 1. The van der Waals surface area contributed by atoms with Crippen molar-refractivity contribution in [2.75, 3.05) is 40.8 Å². The predicted molar refractivity (Wildman–Crippen MR) is 104 cm³/mol. The van der Waals surface area contributed by atoms with Crippen molar-refractivity contribution in [3.8, 4) is 0 Å². The third-order valence-corrected chi connectivity index (χ3v) is 5.04. The Morgan fingerprint density at radius 1 is 1.37 bits per heavy atom. The number of halogens is 1. The highest BCUT2D eigenvalue weighted by Gasteiger charge is 2.37. The molecule has 0 saturated carbocycles. The molecule has 0 spiro atoms. The first kappa shape index (κ1) is 21.5. The number of nitrogens with zero attached hydrogens (tertiary/aromatic N) is 2. The van der Waals surface area contributed by atoms with E-state index in [-0.39, 0.29) is 31.0 Å². The molecule has 1 fully saturated rings.